The summed E-state index contributed by atoms with van der Waals surface area (Å²) in [5.74, 6) is 0.951. The van der Waals surface area contributed by atoms with Gasteiger partial charge in [-0.15, -0.1) is 0 Å². The van der Waals surface area contributed by atoms with Crippen LogP contribution < -0.4 is 4.74 Å². The monoisotopic (exact) mass is 335 g/mol. The Bertz CT molecular complexity index is 721. The van der Waals surface area contributed by atoms with E-state index in [0.29, 0.717) is 0 Å². The van der Waals surface area contributed by atoms with Gasteiger partial charge in [0.15, 0.2) is 0 Å². The first-order valence-corrected chi connectivity index (χ1v) is 9.85. The number of fused-ring (bicyclic) bond motifs is 1. The van der Waals surface area contributed by atoms with Crippen molar-refractivity contribution in [2.24, 2.45) is 0 Å². The first-order chi connectivity index (χ1) is 12.2. The quantitative estimate of drug-likeness (QED) is 0.771. The van der Waals surface area contributed by atoms with Crippen molar-refractivity contribution in [2.45, 2.75) is 58.0 Å². The Hall–Kier alpha value is -1.80. The molecule has 1 heterocycles. The fraction of sp³-hybridized carbons (Fsp3) is 0.478. The maximum absolute atomic E-state index is 5.55. The number of nitrogens with zero attached hydrogens (tertiary/aromatic N) is 1. The Labute approximate surface area is 151 Å². The molecule has 0 radical (unpaired) electrons. The van der Waals surface area contributed by atoms with Crippen LogP contribution in [0.15, 0.2) is 42.5 Å². The molecule has 2 atom stereocenters. The van der Waals surface area contributed by atoms with E-state index in [0.717, 1.165) is 24.4 Å². The topological polar surface area (TPSA) is 12.5 Å². The van der Waals surface area contributed by atoms with Crippen LogP contribution in [0.3, 0.4) is 0 Å². The van der Waals surface area contributed by atoms with Gasteiger partial charge in [-0.2, -0.15) is 0 Å². The lowest BCUT2D eigenvalue weighted by Gasteiger charge is -2.35. The van der Waals surface area contributed by atoms with E-state index in [2.05, 4.69) is 54.3 Å². The third-order valence-electron chi connectivity index (χ3n) is 5.98. The van der Waals surface area contributed by atoms with E-state index >= 15 is 0 Å². The molecule has 0 aromatic heterocycles. The second-order valence-corrected chi connectivity index (χ2v) is 7.57. The lowest BCUT2D eigenvalue weighted by molar-refractivity contribution is 0.174. The number of ether oxygens (including phenoxy) is 1. The molecule has 1 aliphatic heterocycles. The highest BCUT2D eigenvalue weighted by Crippen LogP contribution is 2.32. The number of likely N-dealkylation sites (tertiary alicyclic amines) is 1. The van der Waals surface area contributed by atoms with Crippen molar-refractivity contribution < 1.29 is 4.74 Å². The average molecular weight is 335 g/mol. The van der Waals surface area contributed by atoms with E-state index in [-0.39, 0.29) is 0 Å². The predicted molar refractivity (Wildman–Crippen MR) is 104 cm³/mol. The summed E-state index contributed by atoms with van der Waals surface area (Å²) in [5.41, 5.74) is 5.72. The molecule has 132 valence electrons. The van der Waals surface area contributed by atoms with Crippen LogP contribution in [0.2, 0.25) is 0 Å². The number of hydrogen-bond donors (Lipinski definition) is 0. The highest BCUT2D eigenvalue weighted by Gasteiger charge is 2.30. The van der Waals surface area contributed by atoms with Crippen LogP contribution in [0.4, 0.5) is 0 Å². The highest BCUT2D eigenvalue weighted by molar-refractivity contribution is 5.66. The second-order valence-electron chi connectivity index (χ2n) is 7.57. The van der Waals surface area contributed by atoms with Crippen LogP contribution in [0, 0.1) is 0 Å². The van der Waals surface area contributed by atoms with Crippen molar-refractivity contribution in [3.05, 3.63) is 53.6 Å². The molecule has 25 heavy (non-hydrogen) atoms. The summed E-state index contributed by atoms with van der Waals surface area (Å²) in [6.45, 7) is 6.44. The summed E-state index contributed by atoms with van der Waals surface area (Å²) in [6, 6.07) is 17.1. The van der Waals surface area contributed by atoms with Gasteiger partial charge in [0.2, 0.25) is 0 Å². The van der Waals surface area contributed by atoms with Crippen molar-refractivity contribution in [3.8, 4) is 16.9 Å². The summed E-state index contributed by atoms with van der Waals surface area (Å²) in [4.78, 5) is 2.75. The van der Waals surface area contributed by atoms with E-state index in [1.807, 2.05) is 6.92 Å². The van der Waals surface area contributed by atoms with E-state index in [1.165, 1.54) is 49.8 Å². The Balaban J connectivity index is 1.51. The SMILES string of the molecule is CCOc1ccc(-c2ccc3c(c2)CCC(N2CCCC2C)C3)cc1. The van der Waals surface area contributed by atoms with Gasteiger partial charge in [0, 0.05) is 12.1 Å². The molecule has 0 N–H and O–H groups in total. The predicted octanol–water partition coefficient (Wildman–Crippen LogP) is 5.09. The van der Waals surface area contributed by atoms with Gasteiger partial charge in [0.1, 0.15) is 5.75 Å². The molecule has 1 fully saturated rings. The van der Waals surface area contributed by atoms with Gasteiger partial charge in [-0.3, -0.25) is 4.90 Å². The number of hydrogen-bond acceptors (Lipinski definition) is 2. The number of benzene rings is 2. The molecular weight excluding hydrogens is 306 g/mol. The second kappa shape index (κ2) is 7.21. The fourth-order valence-electron chi connectivity index (χ4n) is 4.61. The minimum atomic E-state index is 0.717. The summed E-state index contributed by atoms with van der Waals surface area (Å²) >= 11 is 0. The third kappa shape index (κ3) is 3.46. The van der Waals surface area contributed by atoms with Crippen molar-refractivity contribution >= 4 is 0 Å². The molecule has 2 unspecified atom stereocenters. The molecule has 2 heteroatoms. The van der Waals surface area contributed by atoms with E-state index < -0.39 is 0 Å². The molecule has 2 aromatic carbocycles. The number of aryl methyl sites for hydroxylation is 1. The molecule has 2 aliphatic rings. The molecule has 0 spiro atoms. The van der Waals surface area contributed by atoms with Crippen molar-refractivity contribution in [1.82, 2.24) is 4.90 Å². The molecular formula is C23H29NO. The van der Waals surface area contributed by atoms with Crippen LogP contribution in [0.25, 0.3) is 11.1 Å². The smallest absolute Gasteiger partial charge is 0.119 e. The Kier molecular flexibility index (Phi) is 4.80. The van der Waals surface area contributed by atoms with E-state index in [1.54, 1.807) is 11.1 Å². The fourth-order valence-corrected chi connectivity index (χ4v) is 4.61. The molecule has 0 amide bonds. The zero-order valence-electron chi connectivity index (χ0n) is 15.5. The van der Waals surface area contributed by atoms with Gasteiger partial charge >= 0.3 is 0 Å². The lowest BCUT2D eigenvalue weighted by Crippen LogP contribution is -2.41. The van der Waals surface area contributed by atoms with Crippen LogP contribution >= 0.6 is 0 Å². The van der Waals surface area contributed by atoms with Crippen LogP contribution in [-0.4, -0.2) is 30.1 Å². The average Bonchev–Trinajstić information content (AvgIpc) is 3.08. The summed E-state index contributed by atoms with van der Waals surface area (Å²) < 4.78 is 5.55. The standard InChI is InChI=1S/C23H29NO/c1-3-25-23-12-9-18(10-13-23)19-6-7-21-16-22(11-8-20(21)15-19)24-14-4-5-17(24)2/h6-7,9-10,12-13,15,17,22H,3-5,8,11,14,16H2,1-2H3. The third-order valence-corrected chi connectivity index (χ3v) is 5.98. The lowest BCUT2D eigenvalue weighted by atomic mass is 9.85. The summed E-state index contributed by atoms with van der Waals surface area (Å²) in [6.07, 6.45) is 6.50. The molecule has 1 saturated heterocycles. The summed E-state index contributed by atoms with van der Waals surface area (Å²) in [5, 5.41) is 0. The van der Waals surface area contributed by atoms with Crippen molar-refractivity contribution in [1.29, 1.82) is 0 Å². The largest absolute Gasteiger partial charge is 0.494 e. The first-order valence-electron chi connectivity index (χ1n) is 9.85. The summed E-state index contributed by atoms with van der Waals surface area (Å²) in [7, 11) is 0. The molecule has 1 aliphatic carbocycles. The molecule has 4 rings (SSSR count). The van der Waals surface area contributed by atoms with E-state index in [4.69, 9.17) is 4.74 Å². The van der Waals surface area contributed by atoms with Crippen LogP contribution in [0.5, 0.6) is 5.75 Å². The molecule has 2 nitrogen and oxygen atoms in total. The number of rotatable bonds is 4. The van der Waals surface area contributed by atoms with Gasteiger partial charge < -0.3 is 4.74 Å². The Morgan fingerprint density at radius 3 is 2.52 bits per heavy atom. The van der Waals surface area contributed by atoms with Gasteiger partial charge in [-0.25, -0.2) is 0 Å². The minimum absolute atomic E-state index is 0.717. The minimum Gasteiger partial charge on any atom is -0.494 e. The Morgan fingerprint density at radius 2 is 1.80 bits per heavy atom. The molecule has 0 saturated carbocycles. The maximum Gasteiger partial charge on any atom is 0.119 e. The zero-order valence-corrected chi connectivity index (χ0v) is 15.5. The van der Waals surface area contributed by atoms with Crippen LogP contribution in [0.1, 0.15) is 44.2 Å². The van der Waals surface area contributed by atoms with Gasteiger partial charge in [0.25, 0.3) is 0 Å². The van der Waals surface area contributed by atoms with Gasteiger partial charge in [-0.1, -0.05) is 30.3 Å². The van der Waals surface area contributed by atoms with Crippen LogP contribution in [-0.2, 0) is 12.8 Å². The van der Waals surface area contributed by atoms with Crippen molar-refractivity contribution in [3.63, 3.8) is 0 Å². The van der Waals surface area contributed by atoms with Crippen molar-refractivity contribution in [2.75, 3.05) is 13.2 Å². The molecule has 0 bridgehead atoms. The van der Waals surface area contributed by atoms with E-state index in [9.17, 15) is 0 Å². The van der Waals surface area contributed by atoms with Gasteiger partial charge in [-0.05, 0) is 86.9 Å². The van der Waals surface area contributed by atoms with Gasteiger partial charge in [0.05, 0.1) is 6.61 Å². The molecule has 2 aromatic rings. The zero-order chi connectivity index (χ0) is 17.2. The maximum atomic E-state index is 5.55. The normalized spacial score (nSPS) is 23.4. The highest BCUT2D eigenvalue weighted by atomic mass is 16.5. The first kappa shape index (κ1) is 16.7. The Morgan fingerprint density at radius 1 is 1.00 bits per heavy atom.